The van der Waals surface area contributed by atoms with Gasteiger partial charge in [0.15, 0.2) is 11.6 Å². The number of nitrogen functional groups attached to an aromatic ring is 1. The van der Waals surface area contributed by atoms with E-state index < -0.39 is 11.6 Å². The quantitative estimate of drug-likeness (QED) is 0.736. The zero-order valence-corrected chi connectivity index (χ0v) is 12.1. The van der Waals surface area contributed by atoms with Gasteiger partial charge in [-0.3, -0.25) is 0 Å². The van der Waals surface area contributed by atoms with E-state index in [0.29, 0.717) is 10.2 Å². The van der Waals surface area contributed by atoms with Gasteiger partial charge in [0.2, 0.25) is 0 Å². The third-order valence-electron chi connectivity index (χ3n) is 2.26. The largest absolute Gasteiger partial charge is 0.399 e. The molecule has 2 aromatic carbocycles. The van der Waals surface area contributed by atoms with Crippen LogP contribution in [0.25, 0.3) is 0 Å². The van der Waals surface area contributed by atoms with Crippen LogP contribution in [0.3, 0.4) is 0 Å². The fourth-order valence-corrected chi connectivity index (χ4v) is 2.58. The van der Waals surface area contributed by atoms with Crippen molar-refractivity contribution in [2.24, 2.45) is 0 Å². The molecule has 0 heterocycles. The van der Waals surface area contributed by atoms with Crippen LogP contribution < -0.4 is 11.1 Å². The first kappa shape index (κ1) is 13.3. The average Bonchev–Trinajstić information content (AvgIpc) is 2.25. The second kappa shape index (κ2) is 5.24. The SMILES string of the molecule is Nc1cc(F)c(Nc2ccc(Br)cc2Br)c(F)c1. The molecule has 0 aliphatic rings. The third kappa shape index (κ3) is 2.81. The molecule has 0 radical (unpaired) electrons. The molecule has 0 saturated carbocycles. The second-order valence-corrected chi connectivity index (χ2v) is 5.38. The summed E-state index contributed by atoms with van der Waals surface area (Å²) in [5, 5.41) is 2.69. The smallest absolute Gasteiger partial charge is 0.151 e. The number of halogens is 4. The Kier molecular flexibility index (Phi) is 3.87. The van der Waals surface area contributed by atoms with E-state index in [0.717, 1.165) is 16.6 Å². The Morgan fingerprint density at radius 1 is 1.00 bits per heavy atom. The zero-order valence-electron chi connectivity index (χ0n) is 8.98. The Hall–Kier alpha value is -1.14. The first-order valence-corrected chi connectivity index (χ1v) is 6.52. The Bertz CT molecular complexity index is 580. The van der Waals surface area contributed by atoms with Crippen LogP contribution in [0.5, 0.6) is 0 Å². The van der Waals surface area contributed by atoms with Gasteiger partial charge in [-0.25, -0.2) is 8.78 Å². The fourth-order valence-electron chi connectivity index (χ4n) is 1.44. The highest BCUT2D eigenvalue weighted by atomic mass is 79.9. The predicted molar refractivity (Wildman–Crippen MR) is 75.9 cm³/mol. The van der Waals surface area contributed by atoms with Crippen molar-refractivity contribution < 1.29 is 8.78 Å². The summed E-state index contributed by atoms with van der Waals surface area (Å²) in [6.07, 6.45) is 0. The van der Waals surface area contributed by atoms with Gasteiger partial charge < -0.3 is 11.1 Å². The number of anilines is 3. The van der Waals surface area contributed by atoms with Crippen LogP contribution in [-0.4, -0.2) is 0 Å². The minimum Gasteiger partial charge on any atom is -0.399 e. The summed E-state index contributed by atoms with van der Waals surface area (Å²) in [6.45, 7) is 0. The Morgan fingerprint density at radius 2 is 1.61 bits per heavy atom. The molecular formula is C12H8Br2F2N2. The summed E-state index contributed by atoms with van der Waals surface area (Å²) < 4.78 is 28.7. The Balaban J connectivity index is 2.40. The Morgan fingerprint density at radius 3 is 2.17 bits per heavy atom. The van der Waals surface area contributed by atoms with Gasteiger partial charge in [0.1, 0.15) is 5.69 Å². The highest BCUT2D eigenvalue weighted by Gasteiger charge is 2.11. The summed E-state index contributed by atoms with van der Waals surface area (Å²) in [4.78, 5) is 0. The molecule has 0 bridgehead atoms. The first-order chi connectivity index (χ1) is 8.47. The fraction of sp³-hybridized carbons (Fsp3) is 0. The van der Waals surface area contributed by atoms with Gasteiger partial charge in [-0.15, -0.1) is 0 Å². The lowest BCUT2D eigenvalue weighted by molar-refractivity contribution is 0.592. The second-order valence-electron chi connectivity index (χ2n) is 3.61. The van der Waals surface area contributed by atoms with Crippen LogP contribution >= 0.6 is 31.9 Å². The highest BCUT2D eigenvalue weighted by molar-refractivity contribution is 9.11. The van der Waals surface area contributed by atoms with E-state index in [2.05, 4.69) is 37.2 Å². The molecule has 0 aliphatic heterocycles. The number of nitrogens with one attached hydrogen (secondary N) is 1. The molecule has 2 aromatic rings. The molecule has 2 rings (SSSR count). The number of rotatable bonds is 2. The normalized spacial score (nSPS) is 10.4. The molecule has 2 nitrogen and oxygen atoms in total. The lowest BCUT2D eigenvalue weighted by atomic mass is 10.2. The third-order valence-corrected chi connectivity index (χ3v) is 3.40. The van der Waals surface area contributed by atoms with Gasteiger partial charge in [0.25, 0.3) is 0 Å². The number of hydrogen-bond acceptors (Lipinski definition) is 2. The van der Waals surface area contributed by atoms with E-state index in [-0.39, 0.29) is 11.4 Å². The highest BCUT2D eigenvalue weighted by Crippen LogP contribution is 2.31. The molecule has 0 saturated heterocycles. The molecule has 0 unspecified atom stereocenters. The standard InChI is InChI=1S/C12H8Br2F2N2/c13-6-1-2-11(8(14)3-6)18-12-9(15)4-7(17)5-10(12)16/h1-5,18H,17H2. The predicted octanol–water partition coefficient (Wildman–Crippen LogP) is 4.82. The van der Waals surface area contributed by atoms with E-state index in [1.807, 2.05) is 0 Å². The van der Waals surface area contributed by atoms with E-state index in [1.165, 1.54) is 0 Å². The zero-order chi connectivity index (χ0) is 13.3. The average molecular weight is 378 g/mol. The molecule has 0 fully saturated rings. The van der Waals surface area contributed by atoms with Crippen molar-refractivity contribution >= 4 is 48.9 Å². The maximum atomic E-state index is 13.6. The summed E-state index contributed by atoms with van der Waals surface area (Å²) in [6, 6.07) is 7.37. The maximum Gasteiger partial charge on any atom is 0.151 e. The van der Waals surface area contributed by atoms with E-state index in [9.17, 15) is 8.78 Å². The van der Waals surface area contributed by atoms with Crippen LogP contribution in [0.1, 0.15) is 0 Å². The van der Waals surface area contributed by atoms with Crippen molar-refractivity contribution in [3.63, 3.8) is 0 Å². The molecule has 3 N–H and O–H groups in total. The van der Waals surface area contributed by atoms with Crippen molar-refractivity contribution in [3.05, 3.63) is 50.9 Å². The van der Waals surface area contributed by atoms with Crippen LogP contribution in [0, 0.1) is 11.6 Å². The molecule has 6 heteroatoms. The lowest BCUT2D eigenvalue weighted by Crippen LogP contribution is -2.00. The van der Waals surface area contributed by atoms with Crippen molar-refractivity contribution in [1.82, 2.24) is 0 Å². The van der Waals surface area contributed by atoms with Crippen LogP contribution in [-0.2, 0) is 0 Å². The monoisotopic (exact) mass is 376 g/mol. The minimum atomic E-state index is -0.734. The molecule has 0 aliphatic carbocycles. The molecule has 18 heavy (non-hydrogen) atoms. The van der Waals surface area contributed by atoms with Gasteiger partial charge in [0.05, 0.1) is 5.69 Å². The minimum absolute atomic E-state index is 0.0467. The van der Waals surface area contributed by atoms with Crippen molar-refractivity contribution in [2.75, 3.05) is 11.1 Å². The van der Waals surface area contributed by atoms with Crippen LogP contribution in [0.4, 0.5) is 25.8 Å². The summed E-state index contributed by atoms with van der Waals surface area (Å²) >= 11 is 6.60. The summed E-state index contributed by atoms with van der Waals surface area (Å²) in [5.74, 6) is -1.47. The number of benzene rings is 2. The van der Waals surface area contributed by atoms with Crippen LogP contribution in [0.2, 0.25) is 0 Å². The van der Waals surface area contributed by atoms with Crippen LogP contribution in [0.15, 0.2) is 39.3 Å². The van der Waals surface area contributed by atoms with Gasteiger partial charge in [0, 0.05) is 14.6 Å². The molecule has 0 aromatic heterocycles. The summed E-state index contributed by atoms with van der Waals surface area (Å²) in [7, 11) is 0. The van der Waals surface area contributed by atoms with Crippen molar-refractivity contribution in [1.29, 1.82) is 0 Å². The van der Waals surface area contributed by atoms with Crippen molar-refractivity contribution in [2.45, 2.75) is 0 Å². The molecule has 0 atom stereocenters. The Labute approximate surface area is 119 Å². The van der Waals surface area contributed by atoms with E-state index in [1.54, 1.807) is 18.2 Å². The molecule has 94 valence electrons. The van der Waals surface area contributed by atoms with Gasteiger partial charge in [-0.05, 0) is 46.3 Å². The lowest BCUT2D eigenvalue weighted by Gasteiger charge is -2.11. The first-order valence-electron chi connectivity index (χ1n) is 4.94. The number of nitrogens with two attached hydrogens (primary N) is 1. The molecular weight excluding hydrogens is 370 g/mol. The molecule has 0 amide bonds. The van der Waals surface area contributed by atoms with Crippen molar-refractivity contribution in [3.8, 4) is 0 Å². The topological polar surface area (TPSA) is 38.0 Å². The molecule has 0 spiro atoms. The maximum absolute atomic E-state index is 13.6. The van der Waals surface area contributed by atoms with Gasteiger partial charge in [-0.1, -0.05) is 15.9 Å². The van der Waals surface area contributed by atoms with Gasteiger partial charge in [-0.2, -0.15) is 0 Å². The van der Waals surface area contributed by atoms with Gasteiger partial charge >= 0.3 is 0 Å². The van der Waals surface area contributed by atoms with E-state index >= 15 is 0 Å². The number of hydrogen-bond donors (Lipinski definition) is 2. The van der Waals surface area contributed by atoms with E-state index in [4.69, 9.17) is 5.73 Å². The summed E-state index contributed by atoms with van der Waals surface area (Å²) in [5.41, 5.74) is 5.72.